The van der Waals surface area contributed by atoms with E-state index in [9.17, 15) is 15.3 Å². The van der Waals surface area contributed by atoms with Crippen molar-refractivity contribution < 1.29 is 15.3 Å². The fourth-order valence-corrected chi connectivity index (χ4v) is 1.48. The fraction of sp³-hybridized carbons (Fsp3) is 0. The zero-order valence-electron chi connectivity index (χ0n) is 9.04. The lowest BCUT2D eigenvalue weighted by molar-refractivity contribution is 0.368. The van der Waals surface area contributed by atoms with E-state index in [1.165, 1.54) is 12.1 Å². The van der Waals surface area contributed by atoms with Crippen molar-refractivity contribution in [1.82, 2.24) is 0 Å². The quantitative estimate of drug-likeness (QED) is 0.547. The first kappa shape index (κ1) is 11.1. The van der Waals surface area contributed by atoms with E-state index in [1.807, 2.05) is 36.4 Å². The monoisotopic (exact) mass is 228 g/mol. The molecule has 0 unspecified atom stereocenters. The number of hydrogen-bond donors (Lipinski definition) is 3. The first-order valence-corrected chi connectivity index (χ1v) is 5.15. The third-order valence-electron chi connectivity index (χ3n) is 2.36. The predicted molar refractivity (Wildman–Crippen MR) is 66.8 cm³/mol. The number of phenolic OH excluding ortho intramolecular Hbond substituents is 3. The second-order valence-corrected chi connectivity index (χ2v) is 3.65. The van der Waals surface area contributed by atoms with Crippen molar-refractivity contribution in [1.29, 1.82) is 0 Å². The number of benzene rings is 2. The summed E-state index contributed by atoms with van der Waals surface area (Å²) in [6.45, 7) is 0. The molecule has 0 amide bonds. The van der Waals surface area contributed by atoms with Crippen LogP contribution >= 0.6 is 0 Å². The molecule has 2 rings (SSSR count). The molecule has 3 N–H and O–H groups in total. The Morgan fingerprint density at radius 1 is 0.706 bits per heavy atom. The van der Waals surface area contributed by atoms with E-state index in [2.05, 4.69) is 0 Å². The van der Waals surface area contributed by atoms with Gasteiger partial charge in [0.15, 0.2) is 17.2 Å². The van der Waals surface area contributed by atoms with Gasteiger partial charge in [-0.3, -0.25) is 0 Å². The van der Waals surface area contributed by atoms with Crippen LogP contribution in [0.3, 0.4) is 0 Å². The molecule has 3 nitrogen and oxygen atoms in total. The zero-order chi connectivity index (χ0) is 12.3. The van der Waals surface area contributed by atoms with Crippen LogP contribution in [0.4, 0.5) is 0 Å². The molecule has 0 atom stereocenters. The Morgan fingerprint density at radius 3 is 1.82 bits per heavy atom. The van der Waals surface area contributed by atoms with Gasteiger partial charge in [-0.15, -0.1) is 0 Å². The Bertz CT molecular complexity index is 522. The molecule has 2 aromatic rings. The smallest absolute Gasteiger partial charge is 0.200 e. The molecule has 0 radical (unpaired) electrons. The van der Waals surface area contributed by atoms with E-state index < -0.39 is 5.75 Å². The molecule has 0 saturated heterocycles. The van der Waals surface area contributed by atoms with E-state index in [0.717, 1.165) is 5.56 Å². The van der Waals surface area contributed by atoms with Gasteiger partial charge in [0, 0.05) is 0 Å². The van der Waals surface area contributed by atoms with Crippen molar-refractivity contribution in [2.24, 2.45) is 0 Å². The highest BCUT2D eigenvalue weighted by atomic mass is 16.3. The van der Waals surface area contributed by atoms with E-state index in [0.29, 0.717) is 5.56 Å². The summed E-state index contributed by atoms with van der Waals surface area (Å²) < 4.78 is 0. The van der Waals surface area contributed by atoms with Gasteiger partial charge in [0.25, 0.3) is 0 Å². The molecule has 0 spiro atoms. The molecule has 3 heteroatoms. The SMILES string of the molecule is Oc1cc(C=Cc2ccccc2)cc(O)c1O. The second-order valence-electron chi connectivity index (χ2n) is 3.65. The highest BCUT2D eigenvalue weighted by molar-refractivity contribution is 5.72. The molecule has 0 bridgehead atoms. The standard InChI is InChI=1S/C14H12O3/c15-12-8-11(9-13(16)14(12)17)7-6-10-4-2-1-3-5-10/h1-9,15-17H. The van der Waals surface area contributed by atoms with Crippen LogP contribution in [0.2, 0.25) is 0 Å². The molecular formula is C14H12O3. The molecule has 0 aliphatic heterocycles. The van der Waals surface area contributed by atoms with Gasteiger partial charge in [-0.1, -0.05) is 42.5 Å². The molecule has 0 saturated carbocycles. The van der Waals surface area contributed by atoms with E-state index in [4.69, 9.17) is 0 Å². The Morgan fingerprint density at radius 2 is 1.24 bits per heavy atom. The van der Waals surface area contributed by atoms with Crippen molar-refractivity contribution >= 4 is 12.2 Å². The van der Waals surface area contributed by atoms with Gasteiger partial charge in [-0.05, 0) is 23.3 Å². The lowest BCUT2D eigenvalue weighted by atomic mass is 10.1. The lowest BCUT2D eigenvalue weighted by Gasteiger charge is -2.02. The molecule has 0 fully saturated rings. The first-order chi connectivity index (χ1) is 8.16. The maximum atomic E-state index is 9.33. The van der Waals surface area contributed by atoms with Crippen LogP contribution in [0.15, 0.2) is 42.5 Å². The van der Waals surface area contributed by atoms with Crippen LogP contribution in [0.5, 0.6) is 17.2 Å². The zero-order valence-corrected chi connectivity index (χ0v) is 9.04. The van der Waals surface area contributed by atoms with Crippen molar-refractivity contribution in [3.05, 3.63) is 53.6 Å². The predicted octanol–water partition coefficient (Wildman–Crippen LogP) is 2.97. The van der Waals surface area contributed by atoms with Crippen LogP contribution in [0, 0.1) is 0 Å². The van der Waals surface area contributed by atoms with Crippen molar-refractivity contribution in [2.75, 3.05) is 0 Å². The van der Waals surface area contributed by atoms with E-state index >= 15 is 0 Å². The Balaban J connectivity index is 2.28. The van der Waals surface area contributed by atoms with E-state index in [-0.39, 0.29) is 11.5 Å². The van der Waals surface area contributed by atoms with Gasteiger partial charge in [0.2, 0.25) is 0 Å². The Labute approximate surface area is 98.9 Å². The minimum absolute atomic E-state index is 0.335. The fourth-order valence-electron chi connectivity index (χ4n) is 1.48. The minimum atomic E-state index is -0.498. The third-order valence-corrected chi connectivity index (χ3v) is 2.36. The van der Waals surface area contributed by atoms with Crippen molar-refractivity contribution in [3.8, 4) is 17.2 Å². The van der Waals surface area contributed by atoms with Gasteiger partial charge < -0.3 is 15.3 Å². The summed E-state index contributed by atoms with van der Waals surface area (Å²) >= 11 is 0. The van der Waals surface area contributed by atoms with Gasteiger partial charge >= 0.3 is 0 Å². The second kappa shape index (κ2) is 4.61. The van der Waals surface area contributed by atoms with Gasteiger partial charge in [-0.2, -0.15) is 0 Å². The molecule has 0 aliphatic carbocycles. The molecular weight excluding hydrogens is 216 g/mol. The summed E-state index contributed by atoms with van der Waals surface area (Å²) in [6, 6.07) is 12.4. The summed E-state index contributed by atoms with van der Waals surface area (Å²) in [6.07, 6.45) is 3.60. The molecule has 0 aromatic heterocycles. The third kappa shape index (κ3) is 2.58. The average Bonchev–Trinajstić information content (AvgIpc) is 2.34. The summed E-state index contributed by atoms with van der Waals surface area (Å²) in [5.41, 5.74) is 1.63. The number of hydrogen-bond acceptors (Lipinski definition) is 3. The van der Waals surface area contributed by atoms with Crippen LogP contribution in [0.1, 0.15) is 11.1 Å². The first-order valence-electron chi connectivity index (χ1n) is 5.15. The van der Waals surface area contributed by atoms with E-state index in [1.54, 1.807) is 6.08 Å². The minimum Gasteiger partial charge on any atom is -0.504 e. The number of aromatic hydroxyl groups is 3. The molecule has 17 heavy (non-hydrogen) atoms. The summed E-state index contributed by atoms with van der Waals surface area (Å²) in [5.74, 6) is -1.17. The Kier molecular flexibility index (Phi) is 3.01. The number of rotatable bonds is 2. The van der Waals surface area contributed by atoms with Gasteiger partial charge in [-0.25, -0.2) is 0 Å². The van der Waals surface area contributed by atoms with Crippen LogP contribution in [-0.2, 0) is 0 Å². The lowest BCUT2D eigenvalue weighted by Crippen LogP contribution is -1.76. The topological polar surface area (TPSA) is 60.7 Å². The molecule has 0 heterocycles. The van der Waals surface area contributed by atoms with Crippen molar-refractivity contribution in [2.45, 2.75) is 0 Å². The van der Waals surface area contributed by atoms with Gasteiger partial charge in [0.05, 0.1) is 0 Å². The normalized spacial score (nSPS) is 10.8. The average molecular weight is 228 g/mol. The molecule has 0 aliphatic rings. The molecule has 86 valence electrons. The van der Waals surface area contributed by atoms with Crippen LogP contribution in [-0.4, -0.2) is 15.3 Å². The maximum absolute atomic E-state index is 9.33. The summed E-state index contributed by atoms with van der Waals surface area (Å²) in [4.78, 5) is 0. The largest absolute Gasteiger partial charge is 0.504 e. The summed E-state index contributed by atoms with van der Waals surface area (Å²) in [7, 11) is 0. The highest BCUT2D eigenvalue weighted by Gasteiger charge is 2.05. The summed E-state index contributed by atoms with van der Waals surface area (Å²) in [5, 5.41) is 27.9. The Hall–Kier alpha value is -2.42. The van der Waals surface area contributed by atoms with Crippen LogP contribution < -0.4 is 0 Å². The van der Waals surface area contributed by atoms with Crippen molar-refractivity contribution in [3.63, 3.8) is 0 Å². The van der Waals surface area contributed by atoms with Crippen LogP contribution in [0.25, 0.3) is 12.2 Å². The number of phenols is 3. The van der Waals surface area contributed by atoms with Gasteiger partial charge in [0.1, 0.15) is 0 Å². The highest BCUT2D eigenvalue weighted by Crippen LogP contribution is 2.35. The molecule has 2 aromatic carbocycles. The maximum Gasteiger partial charge on any atom is 0.200 e.